The first kappa shape index (κ1) is 16.1. The minimum atomic E-state index is -0.912. The molecule has 0 atom stereocenters. The topological polar surface area (TPSA) is 113 Å². The summed E-state index contributed by atoms with van der Waals surface area (Å²) in [6, 6.07) is 7.94. The lowest BCUT2D eigenvalue weighted by Crippen LogP contribution is -2.37. The summed E-state index contributed by atoms with van der Waals surface area (Å²) in [5.41, 5.74) is 2.61. The highest BCUT2D eigenvalue weighted by Gasteiger charge is 2.12. The Balaban J connectivity index is 1.83. The van der Waals surface area contributed by atoms with Crippen molar-refractivity contribution in [1.82, 2.24) is 10.7 Å². The molecule has 0 saturated carbocycles. The van der Waals surface area contributed by atoms with Gasteiger partial charge in [0.1, 0.15) is 5.76 Å². The van der Waals surface area contributed by atoms with Gasteiger partial charge in [0.05, 0.1) is 26.1 Å². The molecule has 1 aromatic carbocycles. The maximum atomic E-state index is 11.5. The molecule has 2 rings (SSSR count). The number of phenolic OH excluding ortho intramolecular Hbond substituents is 1. The Morgan fingerprint density at radius 2 is 2.17 bits per heavy atom. The molecule has 1 aromatic heterocycles. The van der Waals surface area contributed by atoms with Crippen molar-refractivity contribution in [3.63, 3.8) is 0 Å². The van der Waals surface area contributed by atoms with E-state index in [2.05, 4.69) is 15.8 Å². The van der Waals surface area contributed by atoms with Crippen LogP contribution < -0.4 is 15.5 Å². The van der Waals surface area contributed by atoms with Crippen LogP contribution in [0, 0.1) is 0 Å². The van der Waals surface area contributed by atoms with E-state index in [-0.39, 0.29) is 12.3 Å². The predicted octanol–water partition coefficient (Wildman–Crippen LogP) is 0.760. The van der Waals surface area contributed by atoms with Crippen LogP contribution in [-0.2, 0) is 16.1 Å². The van der Waals surface area contributed by atoms with Crippen LogP contribution in [0.25, 0.3) is 0 Å². The summed E-state index contributed by atoms with van der Waals surface area (Å²) in [5.74, 6) is -0.951. The largest absolute Gasteiger partial charge is 0.504 e. The maximum Gasteiger partial charge on any atom is 0.329 e. The number of ether oxygens (including phenoxy) is 1. The second-order valence-corrected chi connectivity index (χ2v) is 4.39. The van der Waals surface area contributed by atoms with E-state index in [0.717, 1.165) is 0 Å². The van der Waals surface area contributed by atoms with E-state index < -0.39 is 11.8 Å². The SMILES string of the molecule is COc1ccc(/C=N\NC(=O)C(=O)NCc2ccco2)cc1O. The molecule has 0 spiro atoms. The lowest BCUT2D eigenvalue weighted by molar-refractivity contribution is -0.139. The molecule has 0 fully saturated rings. The average molecular weight is 317 g/mol. The molecule has 2 amide bonds. The number of rotatable bonds is 5. The number of amides is 2. The number of hydrogen-bond donors (Lipinski definition) is 3. The van der Waals surface area contributed by atoms with Gasteiger partial charge in [-0.15, -0.1) is 0 Å². The molecule has 120 valence electrons. The molecule has 8 nitrogen and oxygen atoms in total. The molecule has 8 heteroatoms. The zero-order valence-corrected chi connectivity index (χ0v) is 12.3. The van der Waals surface area contributed by atoms with Gasteiger partial charge in [-0.25, -0.2) is 5.43 Å². The minimum Gasteiger partial charge on any atom is -0.504 e. The fourth-order valence-electron chi connectivity index (χ4n) is 1.66. The molecule has 0 aliphatic rings. The van der Waals surface area contributed by atoms with Gasteiger partial charge in [-0.2, -0.15) is 5.10 Å². The summed E-state index contributed by atoms with van der Waals surface area (Å²) in [6.07, 6.45) is 2.76. The van der Waals surface area contributed by atoms with Crippen LogP contribution in [0.15, 0.2) is 46.1 Å². The number of nitrogens with zero attached hydrogens (tertiary/aromatic N) is 1. The van der Waals surface area contributed by atoms with Crippen molar-refractivity contribution in [2.24, 2.45) is 5.10 Å². The molecule has 0 aliphatic carbocycles. The number of furan rings is 1. The molecule has 23 heavy (non-hydrogen) atoms. The van der Waals surface area contributed by atoms with Crippen LogP contribution in [-0.4, -0.2) is 30.2 Å². The van der Waals surface area contributed by atoms with Crippen LogP contribution in [0.2, 0.25) is 0 Å². The number of benzene rings is 1. The Kier molecular flexibility index (Phi) is 5.35. The number of hydrazone groups is 1. The fraction of sp³-hybridized carbons (Fsp3) is 0.133. The Bertz CT molecular complexity index is 710. The molecule has 2 aromatic rings. The van der Waals surface area contributed by atoms with Gasteiger partial charge in [-0.05, 0) is 35.9 Å². The van der Waals surface area contributed by atoms with Crippen molar-refractivity contribution in [3.8, 4) is 11.5 Å². The first-order chi connectivity index (χ1) is 11.1. The van der Waals surface area contributed by atoms with E-state index in [1.54, 1.807) is 24.3 Å². The van der Waals surface area contributed by atoms with Gasteiger partial charge >= 0.3 is 11.8 Å². The zero-order valence-electron chi connectivity index (χ0n) is 12.3. The number of methoxy groups -OCH3 is 1. The number of aromatic hydroxyl groups is 1. The third-order valence-corrected chi connectivity index (χ3v) is 2.79. The number of phenols is 1. The van der Waals surface area contributed by atoms with Crippen LogP contribution in [0.4, 0.5) is 0 Å². The van der Waals surface area contributed by atoms with Gasteiger partial charge in [0.15, 0.2) is 11.5 Å². The summed E-state index contributed by atoms with van der Waals surface area (Å²) < 4.78 is 9.93. The van der Waals surface area contributed by atoms with Gasteiger partial charge in [0.25, 0.3) is 0 Å². The molecule has 0 unspecified atom stereocenters. The van der Waals surface area contributed by atoms with E-state index in [4.69, 9.17) is 9.15 Å². The van der Waals surface area contributed by atoms with Gasteiger partial charge in [-0.3, -0.25) is 9.59 Å². The summed E-state index contributed by atoms with van der Waals surface area (Å²) in [6.45, 7) is 0.106. The monoisotopic (exact) mass is 317 g/mol. The Morgan fingerprint density at radius 1 is 1.35 bits per heavy atom. The summed E-state index contributed by atoms with van der Waals surface area (Å²) in [4.78, 5) is 23.0. The molecule has 1 heterocycles. The lowest BCUT2D eigenvalue weighted by Gasteiger charge is -2.03. The van der Waals surface area contributed by atoms with E-state index in [1.165, 1.54) is 25.7 Å². The first-order valence-electron chi connectivity index (χ1n) is 6.61. The van der Waals surface area contributed by atoms with Gasteiger partial charge < -0.3 is 19.6 Å². The van der Waals surface area contributed by atoms with Crippen molar-refractivity contribution >= 4 is 18.0 Å². The van der Waals surface area contributed by atoms with E-state index in [0.29, 0.717) is 17.1 Å². The Hall–Kier alpha value is -3.29. The second kappa shape index (κ2) is 7.64. The van der Waals surface area contributed by atoms with Crippen molar-refractivity contribution in [2.75, 3.05) is 7.11 Å². The highest BCUT2D eigenvalue weighted by Crippen LogP contribution is 2.25. The summed E-state index contributed by atoms with van der Waals surface area (Å²) in [7, 11) is 1.43. The molecule has 0 bridgehead atoms. The van der Waals surface area contributed by atoms with Crippen LogP contribution in [0.3, 0.4) is 0 Å². The normalized spacial score (nSPS) is 10.5. The summed E-state index contributed by atoms with van der Waals surface area (Å²) >= 11 is 0. The molecule has 3 N–H and O–H groups in total. The standard InChI is InChI=1S/C15H15N3O5/c1-22-13-5-4-10(7-12(13)19)8-17-18-15(21)14(20)16-9-11-3-2-6-23-11/h2-8,19H,9H2,1H3,(H,16,20)(H,18,21)/b17-8-. The highest BCUT2D eigenvalue weighted by molar-refractivity contribution is 6.35. The van der Waals surface area contributed by atoms with Crippen LogP contribution in [0.1, 0.15) is 11.3 Å². The summed E-state index contributed by atoms with van der Waals surface area (Å²) in [5, 5.41) is 15.6. The quantitative estimate of drug-likeness (QED) is 0.428. The number of carbonyl (C=O) groups is 2. The molecule has 0 saturated heterocycles. The van der Waals surface area contributed by atoms with Crippen molar-refractivity contribution in [2.45, 2.75) is 6.54 Å². The number of carbonyl (C=O) groups excluding carboxylic acids is 2. The van der Waals surface area contributed by atoms with Gasteiger partial charge in [0.2, 0.25) is 0 Å². The van der Waals surface area contributed by atoms with Gasteiger partial charge in [0, 0.05) is 0 Å². The smallest absolute Gasteiger partial charge is 0.329 e. The Labute approximate surface area is 131 Å². The van der Waals surface area contributed by atoms with E-state index >= 15 is 0 Å². The average Bonchev–Trinajstić information content (AvgIpc) is 3.06. The molecule has 0 radical (unpaired) electrons. The van der Waals surface area contributed by atoms with Crippen molar-refractivity contribution < 1.29 is 23.8 Å². The predicted molar refractivity (Wildman–Crippen MR) is 81.0 cm³/mol. The third kappa shape index (κ3) is 4.60. The molecule has 0 aliphatic heterocycles. The fourth-order valence-corrected chi connectivity index (χ4v) is 1.66. The number of nitrogens with one attached hydrogen (secondary N) is 2. The van der Waals surface area contributed by atoms with Gasteiger partial charge in [-0.1, -0.05) is 0 Å². The van der Waals surface area contributed by atoms with E-state index in [9.17, 15) is 14.7 Å². The molecular formula is C15H15N3O5. The second-order valence-electron chi connectivity index (χ2n) is 4.39. The van der Waals surface area contributed by atoms with E-state index in [1.807, 2.05) is 0 Å². The highest BCUT2D eigenvalue weighted by atomic mass is 16.5. The number of hydrogen-bond acceptors (Lipinski definition) is 6. The first-order valence-corrected chi connectivity index (χ1v) is 6.61. The molecular weight excluding hydrogens is 302 g/mol. The zero-order chi connectivity index (χ0) is 16.7. The minimum absolute atomic E-state index is 0.0565. The van der Waals surface area contributed by atoms with Crippen LogP contribution in [0.5, 0.6) is 11.5 Å². The third-order valence-electron chi connectivity index (χ3n) is 2.79. The van der Waals surface area contributed by atoms with Crippen LogP contribution >= 0.6 is 0 Å². The maximum absolute atomic E-state index is 11.5. The lowest BCUT2D eigenvalue weighted by atomic mass is 10.2. The Morgan fingerprint density at radius 3 is 2.83 bits per heavy atom. The van der Waals surface area contributed by atoms with Crippen molar-refractivity contribution in [3.05, 3.63) is 47.9 Å². The van der Waals surface area contributed by atoms with Crippen molar-refractivity contribution in [1.29, 1.82) is 0 Å².